The van der Waals surface area contributed by atoms with Gasteiger partial charge < -0.3 is 9.80 Å². The number of rotatable bonds is 18. The number of azo groups is 1. The first kappa shape index (κ1) is 39.0. The molecule has 53 heavy (non-hydrogen) atoms. The van der Waals surface area contributed by atoms with Gasteiger partial charge in [0.1, 0.15) is 6.04 Å². The Kier molecular flexibility index (Phi) is 14.0. The lowest BCUT2D eigenvalue weighted by atomic mass is 9.97. The van der Waals surface area contributed by atoms with Gasteiger partial charge in [0.2, 0.25) is 15.9 Å². The third-order valence-corrected chi connectivity index (χ3v) is 11.4. The van der Waals surface area contributed by atoms with Crippen LogP contribution in [0.1, 0.15) is 42.4 Å². The molecule has 5 rings (SSSR count). The number of aryl methyl sites for hydroxylation is 2. The maximum absolute atomic E-state index is 14.6. The number of nitrogens with zero attached hydrogens (tertiary/aromatic N) is 7. The summed E-state index contributed by atoms with van der Waals surface area (Å²) in [5.41, 5.74) is 5.42. The first-order chi connectivity index (χ1) is 25.6. The molecule has 5 aromatic rings. The summed E-state index contributed by atoms with van der Waals surface area (Å²) in [6.07, 6.45) is 12.5. The van der Waals surface area contributed by atoms with Gasteiger partial charge in [0.15, 0.2) is 0 Å². The van der Waals surface area contributed by atoms with Crippen molar-refractivity contribution in [2.45, 2.75) is 61.9 Å². The Labute approximate surface area is 314 Å². The van der Waals surface area contributed by atoms with Crippen molar-refractivity contribution in [2.75, 3.05) is 33.1 Å². The Balaban J connectivity index is 1.34. The van der Waals surface area contributed by atoms with Gasteiger partial charge in [0, 0.05) is 64.7 Å². The molecular weight excluding hydrogens is 683 g/mol. The smallest absolute Gasteiger partial charge is 0.243 e. The SMILES string of the molecule is CN(C)c1ccc(N=Nc2ccc(S(=O)(=O)N(C)C(Cc3ccccc3)C(=O)N(C)C(CCCc3cccnc3)CCCc3cccnc3)cc2)cc1. The first-order valence-corrected chi connectivity index (χ1v) is 19.4. The number of benzene rings is 3. The molecule has 10 nitrogen and oxygen atoms in total. The second kappa shape index (κ2) is 19.0. The van der Waals surface area contributed by atoms with Gasteiger partial charge in [-0.2, -0.15) is 14.5 Å². The highest BCUT2D eigenvalue weighted by Gasteiger charge is 2.36. The van der Waals surface area contributed by atoms with E-state index in [1.807, 2.05) is 105 Å². The molecule has 0 saturated heterocycles. The molecule has 0 aliphatic carbocycles. The van der Waals surface area contributed by atoms with Gasteiger partial charge in [-0.3, -0.25) is 14.8 Å². The average Bonchev–Trinajstić information content (AvgIpc) is 3.19. The zero-order chi connectivity index (χ0) is 37.6. The largest absolute Gasteiger partial charge is 0.378 e. The summed E-state index contributed by atoms with van der Waals surface area (Å²) in [5.74, 6) is -0.238. The lowest BCUT2D eigenvalue weighted by Gasteiger charge is -2.35. The highest BCUT2D eigenvalue weighted by atomic mass is 32.2. The van der Waals surface area contributed by atoms with Crippen molar-refractivity contribution in [3.8, 4) is 0 Å². The van der Waals surface area contributed by atoms with Gasteiger partial charge in [-0.25, -0.2) is 8.42 Å². The first-order valence-electron chi connectivity index (χ1n) is 18.0. The fraction of sp³-hybridized carbons (Fsp3) is 0.310. The van der Waals surface area contributed by atoms with Crippen LogP contribution in [0.25, 0.3) is 0 Å². The van der Waals surface area contributed by atoms with E-state index < -0.39 is 16.1 Å². The molecule has 0 bridgehead atoms. The van der Waals surface area contributed by atoms with Crippen LogP contribution in [-0.2, 0) is 34.1 Å². The minimum Gasteiger partial charge on any atom is -0.378 e. The van der Waals surface area contributed by atoms with Gasteiger partial charge in [0.25, 0.3) is 0 Å². The minimum atomic E-state index is -4.07. The molecule has 0 aliphatic rings. The number of carbonyl (C=O) groups excluding carboxylic acids is 1. The van der Waals surface area contributed by atoms with Gasteiger partial charge in [-0.1, -0.05) is 42.5 Å². The molecular formula is C42H49N7O3S. The van der Waals surface area contributed by atoms with Crippen LogP contribution in [0.15, 0.2) is 143 Å². The van der Waals surface area contributed by atoms with E-state index in [0.29, 0.717) is 11.4 Å². The van der Waals surface area contributed by atoms with Gasteiger partial charge >= 0.3 is 0 Å². The van der Waals surface area contributed by atoms with Crippen LogP contribution in [0, 0.1) is 0 Å². The predicted octanol–water partition coefficient (Wildman–Crippen LogP) is 8.06. The molecule has 0 aliphatic heterocycles. The van der Waals surface area contributed by atoms with E-state index in [1.54, 1.807) is 29.4 Å². The second-order valence-electron chi connectivity index (χ2n) is 13.4. The lowest BCUT2D eigenvalue weighted by Crippen LogP contribution is -2.52. The molecule has 0 spiro atoms. The van der Waals surface area contributed by atoms with Crippen molar-refractivity contribution >= 4 is 33.0 Å². The Bertz CT molecular complexity index is 1950. The van der Waals surface area contributed by atoms with Crippen LogP contribution in [0.2, 0.25) is 0 Å². The van der Waals surface area contributed by atoms with Crippen LogP contribution in [0.5, 0.6) is 0 Å². The molecule has 1 unspecified atom stereocenters. The van der Waals surface area contributed by atoms with Crippen molar-refractivity contribution in [3.05, 3.63) is 145 Å². The molecule has 2 aromatic heterocycles. The molecule has 2 heterocycles. The van der Waals surface area contributed by atoms with Crippen molar-refractivity contribution in [1.29, 1.82) is 0 Å². The minimum absolute atomic E-state index is 0.0762. The number of amides is 1. The van der Waals surface area contributed by atoms with Crippen LogP contribution < -0.4 is 4.90 Å². The molecule has 3 aromatic carbocycles. The van der Waals surface area contributed by atoms with E-state index in [4.69, 9.17) is 0 Å². The quantitative estimate of drug-likeness (QED) is 0.0844. The van der Waals surface area contributed by atoms with E-state index in [1.165, 1.54) is 23.5 Å². The number of sulfonamides is 1. The Morgan fingerprint density at radius 2 is 1.17 bits per heavy atom. The number of anilines is 1. The third kappa shape index (κ3) is 11.1. The summed E-state index contributed by atoms with van der Waals surface area (Å²) in [6, 6.07) is 30.4. The van der Waals surface area contributed by atoms with Gasteiger partial charge in [-0.05, 0) is 122 Å². The summed E-state index contributed by atoms with van der Waals surface area (Å²) in [7, 11) is 3.18. The van der Waals surface area contributed by atoms with Crippen LogP contribution >= 0.6 is 0 Å². The molecule has 0 saturated carbocycles. The Hall–Kier alpha value is -5.26. The average molecular weight is 732 g/mol. The lowest BCUT2D eigenvalue weighted by molar-refractivity contribution is -0.136. The number of pyridine rings is 2. The van der Waals surface area contributed by atoms with Crippen LogP contribution in [0.3, 0.4) is 0 Å². The summed E-state index contributed by atoms with van der Waals surface area (Å²) in [4.78, 5) is 26.9. The van der Waals surface area contributed by atoms with Crippen molar-refractivity contribution in [2.24, 2.45) is 10.2 Å². The highest BCUT2D eigenvalue weighted by Crippen LogP contribution is 2.26. The maximum Gasteiger partial charge on any atom is 0.243 e. The fourth-order valence-electron chi connectivity index (χ4n) is 6.28. The maximum atomic E-state index is 14.6. The zero-order valence-corrected chi connectivity index (χ0v) is 31.8. The number of aromatic nitrogens is 2. The number of hydrogen-bond acceptors (Lipinski definition) is 8. The summed E-state index contributed by atoms with van der Waals surface area (Å²) < 4.78 is 29.6. The molecule has 0 fully saturated rings. The second-order valence-corrected chi connectivity index (χ2v) is 15.4. The van der Waals surface area contributed by atoms with Crippen LogP contribution in [0.4, 0.5) is 17.1 Å². The number of carbonyl (C=O) groups is 1. The highest BCUT2D eigenvalue weighted by molar-refractivity contribution is 7.89. The van der Waals surface area contributed by atoms with E-state index in [-0.39, 0.29) is 23.3 Å². The molecule has 276 valence electrons. The van der Waals surface area contributed by atoms with E-state index in [9.17, 15) is 13.2 Å². The summed E-state index contributed by atoms with van der Waals surface area (Å²) in [5, 5.41) is 8.61. The monoisotopic (exact) mass is 731 g/mol. The van der Waals surface area contributed by atoms with Gasteiger partial charge in [0.05, 0.1) is 16.3 Å². The molecule has 0 N–H and O–H groups in total. The van der Waals surface area contributed by atoms with Gasteiger partial charge in [-0.15, -0.1) is 0 Å². The van der Waals surface area contributed by atoms with Crippen molar-refractivity contribution < 1.29 is 13.2 Å². The van der Waals surface area contributed by atoms with E-state index >= 15 is 0 Å². The Morgan fingerprint density at radius 1 is 0.660 bits per heavy atom. The number of hydrogen-bond donors (Lipinski definition) is 0. The zero-order valence-electron chi connectivity index (χ0n) is 31.0. The van der Waals surface area contributed by atoms with Crippen molar-refractivity contribution in [3.63, 3.8) is 0 Å². The predicted molar refractivity (Wildman–Crippen MR) is 211 cm³/mol. The topological polar surface area (TPSA) is 111 Å². The molecule has 1 atom stereocenters. The van der Waals surface area contributed by atoms with E-state index in [2.05, 4.69) is 32.3 Å². The molecule has 1 amide bonds. The number of likely N-dealkylation sites (N-methyl/N-ethyl adjacent to an activating group) is 2. The normalized spacial score (nSPS) is 12.3. The molecule has 0 radical (unpaired) electrons. The van der Waals surface area contributed by atoms with Crippen molar-refractivity contribution in [1.82, 2.24) is 19.2 Å². The fourth-order valence-corrected chi connectivity index (χ4v) is 7.59. The third-order valence-electron chi connectivity index (χ3n) is 9.50. The Morgan fingerprint density at radius 3 is 1.66 bits per heavy atom. The van der Waals surface area contributed by atoms with Crippen LogP contribution in [-0.4, -0.2) is 73.8 Å². The standard InChI is InChI=1S/C42H49N7O3S/c1-47(2)38-24-20-36(21-25-38)45-46-37-22-26-40(27-23-37)53(51,52)49(4)41(30-33-12-6-5-7-13-33)42(50)48(3)39(18-8-14-34-16-10-28-43-31-34)19-9-15-35-17-11-29-44-32-35/h5-7,10-13,16-17,20-29,31-32,39,41H,8-9,14-15,18-19,30H2,1-4H3. The molecule has 11 heteroatoms. The summed E-state index contributed by atoms with van der Waals surface area (Å²) >= 11 is 0. The summed E-state index contributed by atoms with van der Waals surface area (Å²) in [6.45, 7) is 0. The van der Waals surface area contributed by atoms with E-state index in [0.717, 1.165) is 60.9 Å².